The van der Waals surface area contributed by atoms with Crippen molar-refractivity contribution in [3.63, 3.8) is 0 Å². The van der Waals surface area contributed by atoms with Gasteiger partial charge in [0.2, 0.25) is 0 Å². The highest BCUT2D eigenvalue weighted by Gasteiger charge is 2.30. The second-order valence-electron chi connectivity index (χ2n) is 4.86. The van der Waals surface area contributed by atoms with E-state index in [-0.39, 0.29) is 34.8 Å². The number of pyridine rings is 1. The van der Waals surface area contributed by atoms with Crippen molar-refractivity contribution in [3.8, 4) is 11.5 Å². The highest BCUT2D eigenvalue weighted by atomic mass is 19.4. The van der Waals surface area contributed by atoms with Crippen LogP contribution in [-0.2, 0) is 6.18 Å². The molecular formula is C14H10F3N7O2. The number of nitrogens with one attached hydrogen (secondary N) is 1. The summed E-state index contributed by atoms with van der Waals surface area (Å²) < 4.78 is 43.0. The van der Waals surface area contributed by atoms with E-state index in [0.29, 0.717) is 6.20 Å². The summed E-state index contributed by atoms with van der Waals surface area (Å²) in [5.41, 5.74) is 4.86. The molecule has 4 N–H and O–H groups in total. The maximum Gasteiger partial charge on any atom is 0.417 e. The lowest BCUT2D eigenvalue weighted by molar-refractivity contribution is -0.137. The van der Waals surface area contributed by atoms with Crippen molar-refractivity contribution in [1.29, 1.82) is 0 Å². The molecule has 0 bridgehead atoms. The first-order chi connectivity index (χ1) is 12.4. The maximum atomic E-state index is 12.5. The number of nitrogens with two attached hydrogens (primary N) is 1. The minimum atomic E-state index is -4.46. The van der Waals surface area contributed by atoms with Gasteiger partial charge in [0.1, 0.15) is 11.4 Å². The van der Waals surface area contributed by atoms with Crippen LogP contribution < -0.4 is 11.1 Å². The topological polar surface area (TPSA) is 135 Å². The number of anilines is 2. The Kier molecular flexibility index (Phi) is 4.39. The Bertz CT molecular complexity index is 921. The third-order valence-corrected chi connectivity index (χ3v) is 3.11. The number of amidine groups is 1. The predicted octanol–water partition coefficient (Wildman–Crippen LogP) is 2.38. The maximum absolute atomic E-state index is 12.5. The Balaban J connectivity index is 1.74. The average Bonchev–Trinajstić information content (AvgIpc) is 3.09. The van der Waals surface area contributed by atoms with E-state index in [9.17, 15) is 13.2 Å². The molecule has 12 heteroatoms. The minimum Gasteiger partial charge on any atom is -0.422 e. The number of halogens is 3. The molecule has 0 aliphatic carbocycles. The van der Waals surface area contributed by atoms with Gasteiger partial charge in [-0.05, 0) is 12.1 Å². The van der Waals surface area contributed by atoms with E-state index in [1.165, 1.54) is 24.7 Å². The van der Waals surface area contributed by atoms with Crippen LogP contribution >= 0.6 is 0 Å². The predicted molar refractivity (Wildman–Crippen MR) is 82.6 cm³/mol. The van der Waals surface area contributed by atoms with Crippen molar-refractivity contribution in [3.05, 3.63) is 48.2 Å². The lowest BCUT2D eigenvalue weighted by Crippen LogP contribution is -2.15. The Morgan fingerprint density at radius 1 is 1.08 bits per heavy atom. The van der Waals surface area contributed by atoms with Gasteiger partial charge in [0.05, 0.1) is 24.2 Å². The highest BCUT2D eigenvalue weighted by Crippen LogP contribution is 2.30. The Morgan fingerprint density at radius 3 is 2.46 bits per heavy atom. The number of hydrogen-bond donors (Lipinski definition) is 3. The summed E-state index contributed by atoms with van der Waals surface area (Å²) >= 11 is 0. The van der Waals surface area contributed by atoms with E-state index in [0.717, 1.165) is 6.07 Å². The lowest BCUT2D eigenvalue weighted by atomic mass is 10.2. The monoisotopic (exact) mass is 365 g/mol. The van der Waals surface area contributed by atoms with Crippen molar-refractivity contribution < 1.29 is 22.8 Å². The molecule has 0 atom stereocenters. The zero-order valence-electron chi connectivity index (χ0n) is 12.8. The zero-order chi connectivity index (χ0) is 18.7. The molecule has 0 saturated heterocycles. The molecule has 0 amide bonds. The summed E-state index contributed by atoms with van der Waals surface area (Å²) in [5.74, 6) is 0.228. The molecule has 0 aromatic carbocycles. The largest absolute Gasteiger partial charge is 0.422 e. The third-order valence-electron chi connectivity index (χ3n) is 3.11. The van der Waals surface area contributed by atoms with Crippen LogP contribution in [0, 0.1) is 0 Å². The molecule has 0 aliphatic heterocycles. The fraction of sp³-hybridized carbons (Fsp3) is 0.0714. The van der Waals surface area contributed by atoms with Crippen molar-refractivity contribution in [1.82, 2.24) is 19.9 Å². The van der Waals surface area contributed by atoms with Crippen molar-refractivity contribution in [2.45, 2.75) is 6.18 Å². The normalized spacial score (nSPS) is 12.2. The summed E-state index contributed by atoms with van der Waals surface area (Å²) in [7, 11) is 0. The molecule has 26 heavy (non-hydrogen) atoms. The lowest BCUT2D eigenvalue weighted by Gasteiger charge is -2.05. The number of aromatic nitrogens is 4. The summed E-state index contributed by atoms with van der Waals surface area (Å²) in [4.78, 5) is 15.5. The van der Waals surface area contributed by atoms with Crippen LogP contribution in [0.3, 0.4) is 0 Å². The number of hydrogen-bond acceptors (Lipinski definition) is 8. The van der Waals surface area contributed by atoms with Crippen LogP contribution in [0.25, 0.3) is 11.5 Å². The minimum absolute atomic E-state index is 0.0348. The SMILES string of the molecule is N/C(=N\O)c1cnc(Nc2ncc(-c3ccc(C(F)(F)F)cn3)o2)cn1. The molecule has 3 heterocycles. The smallest absolute Gasteiger partial charge is 0.417 e. The third kappa shape index (κ3) is 3.68. The number of alkyl halides is 3. The van der Waals surface area contributed by atoms with Crippen molar-refractivity contribution in [2.24, 2.45) is 10.9 Å². The molecule has 0 radical (unpaired) electrons. The van der Waals surface area contributed by atoms with Crippen LogP contribution in [0.5, 0.6) is 0 Å². The molecule has 0 fully saturated rings. The van der Waals surface area contributed by atoms with Gasteiger partial charge < -0.3 is 15.4 Å². The highest BCUT2D eigenvalue weighted by molar-refractivity contribution is 5.94. The van der Waals surface area contributed by atoms with Crippen molar-refractivity contribution in [2.75, 3.05) is 5.32 Å². The Morgan fingerprint density at radius 2 is 1.88 bits per heavy atom. The van der Waals surface area contributed by atoms with E-state index in [1.807, 2.05) is 0 Å². The Labute approximate surface area is 143 Å². The van der Waals surface area contributed by atoms with Crippen LogP contribution in [0.2, 0.25) is 0 Å². The summed E-state index contributed by atoms with van der Waals surface area (Å²) in [5, 5.41) is 14.1. The first-order valence-electron chi connectivity index (χ1n) is 6.93. The van der Waals surface area contributed by atoms with E-state index < -0.39 is 11.7 Å². The number of nitrogens with zero attached hydrogens (tertiary/aromatic N) is 5. The number of oxime groups is 1. The van der Waals surface area contributed by atoms with Gasteiger partial charge >= 0.3 is 12.2 Å². The quantitative estimate of drug-likeness (QED) is 0.277. The molecule has 3 rings (SSSR count). The fourth-order valence-electron chi connectivity index (χ4n) is 1.84. The number of rotatable bonds is 4. The van der Waals surface area contributed by atoms with E-state index in [2.05, 4.69) is 30.4 Å². The standard InChI is InChI=1S/C14H10F3N7O2/c15-14(16,17)7-1-2-8(19-3-7)10-5-22-13(26-10)23-11-6-20-9(4-21-11)12(18)24-25/h1-6,25H,(H2,18,24)(H,21,22,23). The molecule has 3 aromatic heterocycles. The summed E-state index contributed by atoms with van der Waals surface area (Å²) in [6, 6.07) is 2.11. The van der Waals surface area contributed by atoms with Crippen LogP contribution in [0.4, 0.5) is 25.0 Å². The van der Waals surface area contributed by atoms with Crippen LogP contribution in [-0.4, -0.2) is 31.0 Å². The molecule has 0 spiro atoms. The van der Waals surface area contributed by atoms with Gasteiger partial charge in [-0.1, -0.05) is 5.16 Å². The first-order valence-corrected chi connectivity index (χ1v) is 6.93. The van der Waals surface area contributed by atoms with Gasteiger partial charge in [0.15, 0.2) is 17.4 Å². The first kappa shape index (κ1) is 17.1. The van der Waals surface area contributed by atoms with E-state index in [4.69, 9.17) is 15.4 Å². The van der Waals surface area contributed by atoms with Gasteiger partial charge in [-0.25, -0.2) is 15.0 Å². The fourth-order valence-corrected chi connectivity index (χ4v) is 1.84. The van der Waals surface area contributed by atoms with E-state index >= 15 is 0 Å². The molecule has 0 aliphatic rings. The molecule has 134 valence electrons. The van der Waals surface area contributed by atoms with Crippen LogP contribution in [0.1, 0.15) is 11.3 Å². The van der Waals surface area contributed by atoms with Crippen LogP contribution in [0.15, 0.2) is 46.5 Å². The van der Waals surface area contributed by atoms with Gasteiger partial charge in [-0.3, -0.25) is 10.3 Å². The van der Waals surface area contributed by atoms with Crippen molar-refractivity contribution >= 4 is 17.7 Å². The van der Waals surface area contributed by atoms with Gasteiger partial charge in [-0.15, -0.1) is 0 Å². The molecule has 0 unspecified atom stereocenters. The van der Waals surface area contributed by atoms with Gasteiger partial charge in [0, 0.05) is 6.20 Å². The second kappa shape index (κ2) is 6.66. The second-order valence-corrected chi connectivity index (χ2v) is 4.86. The number of oxazole rings is 1. The molecule has 3 aromatic rings. The van der Waals surface area contributed by atoms with Gasteiger partial charge in [0.25, 0.3) is 0 Å². The molecular weight excluding hydrogens is 355 g/mol. The molecule has 0 saturated carbocycles. The Hall–Kier alpha value is -3.70. The summed E-state index contributed by atoms with van der Waals surface area (Å²) in [6.07, 6.45) is 0.110. The molecule has 9 nitrogen and oxygen atoms in total. The summed E-state index contributed by atoms with van der Waals surface area (Å²) in [6.45, 7) is 0. The zero-order valence-corrected chi connectivity index (χ0v) is 12.8. The van der Waals surface area contributed by atoms with E-state index in [1.54, 1.807) is 0 Å². The van der Waals surface area contributed by atoms with Gasteiger partial charge in [-0.2, -0.15) is 13.2 Å². The average molecular weight is 365 g/mol.